The third kappa shape index (κ3) is 4.13. The van der Waals surface area contributed by atoms with Crippen LogP contribution >= 0.6 is 0 Å². The summed E-state index contributed by atoms with van der Waals surface area (Å²) in [7, 11) is 6.80. The molecule has 41 heavy (non-hydrogen) atoms. The molecule has 0 bridgehead atoms. The average Bonchev–Trinajstić information content (AvgIpc) is 2.90. The number of Topliss-reactive ketones (excluding diaryl/α,β-unsaturated/α-hetero) is 2. The molecule has 4 unspecified atom stereocenters. The van der Waals surface area contributed by atoms with Crippen LogP contribution in [0.15, 0.2) is 53.3 Å². The molecule has 4 atom stereocenters. The Morgan fingerprint density at radius 2 is 1.90 bits per heavy atom. The highest BCUT2D eigenvalue weighted by Crippen LogP contribution is 2.53. The third-order valence-electron chi connectivity index (χ3n) is 8.39. The Morgan fingerprint density at radius 3 is 2.49 bits per heavy atom. The minimum atomic E-state index is -2.68. The molecule has 12 heteroatoms. The zero-order chi connectivity index (χ0) is 30.0. The van der Waals surface area contributed by atoms with Crippen molar-refractivity contribution < 1.29 is 34.8 Å². The van der Waals surface area contributed by atoms with Gasteiger partial charge in [0, 0.05) is 50.2 Å². The number of carbonyl (C=O) groups excluding carboxylic acids is 3. The van der Waals surface area contributed by atoms with E-state index in [0.29, 0.717) is 17.8 Å². The van der Waals surface area contributed by atoms with Gasteiger partial charge in [-0.2, -0.15) is 0 Å². The number of rotatable bonds is 6. The number of amides is 1. The summed E-state index contributed by atoms with van der Waals surface area (Å²) in [5.74, 6) is -6.81. The number of pyridine rings is 1. The molecule has 0 aliphatic heterocycles. The number of ketones is 2. The van der Waals surface area contributed by atoms with E-state index < -0.39 is 58.0 Å². The van der Waals surface area contributed by atoms with E-state index in [1.54, 1.807) is 52.7 Å². The first-order valence-corrected chi connectivity index (χ1v) is 13.1. The Balaban J connectivity index is 1.66. The predicted molar refractivity (Wildman–Crippen MR) is 150 cm³/mol. The maximum atomic E-state index is 14.1. The molecule has 0 saturated heterocycles. The standard InChI is InChI=1S/C29H33N5O7/c1-33(2)18-10-17(32-12-13-6-5-7-31-11-13)23(35)20-15(18)8-14-9-16-22(34(3)4)25(37)21(28(30)40)27(39)29(16,41)26(38)19(14)24(20)36/h5-7,10-11,14,16,22,32,35,37-38,41H,8-9,12H2,1-4H3,(H2,30,40). The Labute approximate surface area is 236 Å². The fourth-order valence-corrected chi connectivity index (χ4v) is 6.53. The number of benzene rings is 1. The fraction of sp³-hybridized carbons (Fsp3) is 0.379. The normalized spacial score (nSPS) is 25.6. The van der Waals surface area contributed by atoms with Crippen molar-refractivity contribution >= 4 is 28.8 Å². The van der Waals surface area contributed by atoms with Gasteiger partial charge in [-0.25, -0.2) is 0 Å². The Hall–Kier alpha value is -4.42. The van der Waals surface area contributed by atoms with E-state index in [9.17, 15) is 34.8 Å². The molecule has 216 valence electrons. The van der Waals surface area contributed by atoms with Crippen LogP contribution in [0.4, 0.5) is 11.4 Å². The number of aromatic hydroxyl groups is 1. The summed E-state index contributed by atoms with van der Waals surface area (Å²) < 4.78 is 0. The summed E-state index contributed by atoms with van der Waals surface area (Å²) in [5, 5.41) is 48.6. The second kappa shape index (κ2) is 9.89. The zero-order valence-corrected chi connectivity index (χ0v) is 23.2. The van der Waals surface area contributed by atoms with Crippen molar-refractivity contribution in [3.63, 3.8) is 0 Å². The molecule has 2 aromatic rings. The van der Waals surface area contributed by atoms with E-state index in [-0.39, 0.29) is 35.4 Å². The van der Waals surface area contributed by atoms with Crippen LogP contribution in [0.25, 0.3) is 0 Å². The van der Waals surface area contributed by atoms with Crippen LogP contribution in [-0.4, -0.2) is 87.6 Å². The van der Waals surface area contributed by atoms with E-state index in [1.165, 1.54) is 4.90 Å². The number of hydrogen-bond acceptors (Lipinski definition) is 11. The minimum Gasteiger partial charge on any atom is -0.510 e. The molecule has 0 spiro atoms. The zero-order valence-electron chi connectivity index (χ0n) is 23.2. The molecular formula is C29H33N5O7. The van der Waals surface area contributed by atoms with Gasteiger partial charge in [0.1, 0.15) is 22.8 Å². The van der Waals surface area contributed by atoms with Crippen LogP contribution in [0.5, 0.6) is 5.75 Å². The van der Waals surface area contributed by atoms with Crippen LogP contribution in [0.3, 0.4) is 0 Å². The summed E-state index contributed by atoms with van der Waals surface area (Å²) >= 11 is 0. The number of fused-ring (bicyclic) bond motifs is 3. The van der Waals surface area contributed by atoms with Gasteiger partial charge in [-0.05, 0) is 56.1 Å². The van der Waals surface area contributed by atoms with Crippen molar-refractivity contribution in [2.24, 2.45) is 17.6 Å². The van der Waals surface area contributed by atoms with E-state index in [4.69, 9.17) is 5.73 Å². The molecule has 1 aromatic carbocycles. The molecule has 3 aliphatic carbocycles. The number of nitrogens with zero attached hydrogens (tertiary/aromatic N) is 3. The van der Waals surface area contributed by atoms with Gasteiger partial charge in [0.15, 0.2) is 11.4 Å². The summed E-state index contributed by atoms with van der Waals surface area (Å²) in [4.78, 5) is 47.1. The number of likely N-dealkylation sites (N-methyl/N-ethyl adjacent to an activating group) is 1. The number of phenolic OH excluding ortho intramolecular Hbond substituents is 1. The number of allylic oxidation sites excluding steroid dienone is 1. The van der Waals surface area contributed by atoms with Gasteiger partial charge in [-0.15, -0.1) is 0 Å². The van der Waals surface area contributed by atoms with Gasteiger partial charge < -0.3 is 36.4 Å². The number of primary amides is 1. The van der Waals surface area contributed by atoms with Gasteiger partial charge in [-0.3, -0.25) is 24.3 Å². The first-order chi connectivity index (χ1) is 19.3. The number of nitrogens with one attached hydrogen (secondary N) is 1. The summed E-state index contributed by atoms with van der Waals surface area (Å²) in [5.41, 5.74) is 3.97. The highest BCUT2D eigenvalue weighted by atomic mass is 16.3. The quantitative estimate of drug-likeness (QED) is 0.219. The monoisotopic (exact) mass is 563 g/mol. The van der Waals surface area contributed by atoms with Crippen LogP contribution < -0.4 is 16.0 Å². The summed E-state index contributed by atoms with van der Waals surface area (Å²) in [6.45, 7) is 0.311. The number of phenols is 1. The molecule has 0 radical (unpaired) electrons. The first-order valence-electron chi connectivity index (χ1n) is 13.1. The second-order valence-electron chi connectivity index (χ2n) is 11.2. The summed E-state index contributed by atoms with van der Waals surface area (Å²) in [6.07, 6.45) is 3.55. The molecule has 7 N–H and O–H groups in total. The van der Waals surface area contributed by atoms with Gasteiger partial charge >= 0.3 is 0 Å². The van der Waals surface area contributed by atoms with Gasteiger partial charge in [0.25, 0.3) is 5.91 Å². The average molecular weight is 564 g/mol. The number of hydrogen-bond donors (Lipinski definition) is 6. The highest BCUT2D eigenvalue weighted by Gasteiger charge is 2.63. The van der Waals surface area contributed by atoms with Crippen molar-refractivity contribution in [2.75, 3.05) is 38.4 Å². The lowest BCUT2D eigenvalue weighted by molar-refractivity contribution is -0.148. The molecule has 1 amide bonds. The van der Waals surface area contributed by atoms with Gasteiger partial charge in [0.05, 0.1) is 17.3 Å². The molecule has 5 rings (SSSR count). The van der Waals surface area contributed by atoms with Crippen molar-refractivity contribution in [3.8, 4) is 5.75 Å². The lowest BCUT2D eigenvalue weighted by Gasteiger charge is -2.50. The third-order valence-corrected chi connectivity index (χ3v) is 8.39. The topological polar surface area (TPSA) is 190 Å². The Morgan fingerprint density at radius 1 is 1.20 bits per heavy atom. The number of aromatic nitrogens is 1. The maximum absolute atomic E-state index is 14.1. The molecule has 12 nitrogen and oxygen atoms in total. The number of nitrogens with two attached hydrogens (primary N) is 1. The number of anilines is 2. The largest absolute Gasteiger partial charge is 0.510 e. The van der Waals surface area contributed by atoms with Gasteiger partial charge in [0.2, 0.25) is 5.78 Å². The van der Waals surface area contributed by atoms with E-state index in [2.05, 4.69) is 10.3 Å². The molecule has 0 fully saturated rings. The number of aliphatic hydroxyl groups excluding tert-OH is 2. The highest BCUT2D eigenvalue weighted by molar-refractivity contribution is 6.25. The van der Waals surface area contributed by atoms with Crippen molar-refractivity contribution in [1.82, 2.24) is 9.88 Å². The SMILES string of the molecule is CN(C)c1cc(NCc2cccnc2)c(O)c2c1CC1CC3C(N(C)C)C(O)=C(C(N)=O)C(=O)C3(O)C(O)=C1C2=O. The van der Waals surface area contributed by atoms with Crippen molar-refractivity contribution in [3.05, 3.63) is 69.9 Å². The minimum absolute atomic E-state index is 0.0282. The maximum Gasteiger partial charge on any atom is 0.255 e. The summed E-state index contributed by atoms with van der Waals surface area (Å²) in [6, 6.07) is 4.34. The van der Waals surface area contributed by atoms with Crippen molar-refractivity contribution in [2.45, 2.75) is 31.0 Å². The molecule has 0 saturated carbocycles. The number of aliphatic hydroxyl groups is 3. The van der Waals surface area contributed by atoms with E-state index >= 15 is 0 Å². The van der Waals surface area contributed by atoms with Crippen LogP contribution in [0.1, 0.15) is 27.9 Å². The van der Waals surface area contributed by atoms with Gasteiger partial charge in [-0.1, -0.05) is 6.07 Å². The van der Waals surface area contributed by atoms with Crippen LogP contribution in [0.2, 0.25) is 0 Å². The van der Waals surface area contributed by atoms with Crippen LogP contribution in [0, 0.1) is 11.8 Å². The fourth-order valence-electron chi connectivity index (χ4n) is 6.53. The van der Waals surface area contributed by atoms with E-state index in [1.807, 2.05) is 11.0 Å². The van der Waals surface area contributed by atoms with Crippen LogP contribution in [-0.2, 0) is 22.6 Å². The van der Waals surface area contributed by atoms with Crippen molar-refractivity contribution in [1.29, 1.82) is 0 Å². The number of carbonyl (C=O) groups is 3. The predicted octanol–water partition coefficient (Wildman–Crippen LogP) is 1.19. The molecule has 1 heterocycles. The molecule has 3 aliphatic rings. The molecular weight excluding hydrogens is 530 g/mol. The molecule has 1 aromatic heterocycles. The Kier molecular flexibility index (Phi) is 6.79. The Bertz CT molecular complexity index is 1530. The lowest BCUT2D eigenvalue weighted by atomic mass is 9.58. The van der Waals surface area contributed by atoms with E-state index in [0.717, 1.165) is 5.56 Å². The smallest absolute Gasteiger partial charge is 0.255 e. The lowest BCUT2D eigenvalue weighted by Crippen LogP contribution is -2.63. The second-order valence-corrected chi connectivity index (χ2v) is 11.2. The first kappa shape index (κ1) is 28.1.